The van der Waals surface area contributed by atoms with Gasteiger partial charge in [0.2, 0.25) is 0 Å². The minimum Gasteiger partial charge on any atom is -0.489 e. The summed E-state index contributed by atoms with van der Waals surface area (Å²) >= 11 is 0. The molecule has 0 radical (unpaired) electrons. The lowest BCUT2D eigenvalue weighted by Gasteiger charge is -2.44. The van der Waals surface area contributed by atoms with Crippen LogP contribution < -0.4 is 9.64 Å². The number of carboxylic acid groups (broad SMARTS) is 1. The van der Waals surface area contributed by atoms with Gasteiger partial charge in [0.1, 0.15) is 12.2 Å². The van der Waals surface area contributed by atoms with Gasteiger partial charge in [-0.1, -0.05) is 26.3 Å². The lowest BCUT2D eigenvalue weighted by molar-refractivity contribution is 0.0691. The molecule has 1 aliphatic carbocycles. The Morgan fingerprint density at radius 2 is 2.24 bits per heavy atom. The number of rotatable bonds is 2. The van der Waals surface area contributed by atoms with Crippen molar-refractivity contribution in [3.05, 3.63) is 23.8 Å². The van der Waals surface area contributed by atoms with Crippen molar-refractivity contribution in [1.29, 1.82) is 0 Å². The van der Waals surface area contributed by atoms with Crippen molar-refractivity contribution in [3.63, 3.8) is 0 Å². The van der Waals surface area contributed by atoms with E-state index in [-0.39, 0.29) is 5.56 Å². The highest BCUT2D eigenvalue weighted by atomic mass is 16.5. The number of anilines is 1. The molecule has 4 heteroatoms. The maximum atomic E-state index is 11.4. The highest BCUT2D eigenvalue weighted by Crippen LogP contribution is 2.42. The number of aromatic carboxylic acids is 1. The number of carbonyl (C=O) groups is 1. The van der Waals surface area contributed by atoms with E-state index in [0.29, 0.717) is 23.8 Å². The molecule has 1 atom stereocenters. The van der Waals surface area contributed by atoms with E-state index in [9.17, 15) is 9.90 Å². The largest absolute Gasteiger partial charge is 0.489 e. The van der Waals surface area contributed by atoms with Crippen LogP contribution in [0.4, 0.5) is 5.69 Å². The molecule has 0 bridgehead atoms. The first-order valence-corrected chi connectivity index (χ1v) is 7.74. The molecule has 1 aliphatic heterocycles. The quantitative estimate of drug-likeness (QED) is 0.904. The maximum Gasteiger partial charge on any atom is 0.339 e. The van der Waals surface area contributed by atoms with Crippen LogP contribution in [-0.2, 0) is 0 Å². The third-order valence-electron chi connectivity index (χ3n) is 4.73. The summed E-state index contributed by atoms with van der Waals surface area (Å²) in [4.78, 5) is 13.7. The summed E-state index contributed by atoms with van der Waals surface area (Å²) in [5.74, 6) is -0.377. The summed E-state index contributed by atoms with van der Waals surface area (Å²) in [6.45, 7) is 6.06. The van der Waals surface area contributed by atoms with Gasteiger partial charge in [-0.25, -0.2) is 4.79 Å². The van der Waals surface area contributed by atoms with Crippen LogP contribution in [-0.4, -0.2) is 30.3 Å². The Morgan fingerprint density at radius 3 is 2.95 bits per heavy atom. The fourth-order valence-electron chi connectivity index (χ4n) is 3.74. The Balaban J connectivity index is 1.94. The standard InChI is InChI=1S/C17H23NO3/c1-17(2)8-4-5-12(11-17)18-9-10-21-15-13(16(19)20)6-3-7-14(15)18/h3,6-7,12H,4-5,8-11H2,1-2H3,(H,19,20). The summed E-state index contributed by atoms with van der Waals surface area (Å²) in [5.41, 5.74) is 1.59. The highest BCUT2D eigenvalue weighted by Gasteiger charge is 2.34. The molecule has 1 fully saturated rings. The number of carboxylic acids is 1. The molecule has 1 N–H and O–H groups in total. The van der Waals surface area contributed by atoms with Gasteiger partial charge < -0.3 is 14.7 Å². The van der Waals surface area contributed by atoms with Crippen molar-refractivity contribution in [2.45, 2.75) is 45.6 Å². The lowest BCUT2D eigenvalue weighted by Crippen LogP contribution is -2.45. The molecule has 4 nitrogen and oxygen atoms in total. The van der Waals surface area contributed by atoms with Crippen LogP contribution in [0.3, 0.4) is 0 Å². The molecular weight excluding hydrogens is 266 g/mol. The van der Waals surface area contributed by atoms with Gasteiger partial charge in [0.25, 0.3) is 0 Å². The number of hydrogen-bond donors (Lipinski definition) is 1. The van der Waals surface area contributed by atoms with E-state index in [1.807, 2.05) is 12.1 Å². The molecule has 1 unspecified atom stereocenters. The lowest BCUT2D eigenvalue weighted by atomic mass is 9.74. The Kier molecular flexibility index (Phi) is 3.56. The Labute approximate surface area is 125 Å². The summed E-state index contributed by atoms with van der Waals surface area (Å²) in [5, 5.41) is 9.32. The molecule has 0 spiro atoms. The number of benzene rings is 1. The van der Waals surface area contributed by atoms with E-state index in [4.69, 9.17) is 4.74 Å². The fourth-order valence-corrected chi connectivity index (χ4v) is 3.74. The molecule has 1 aromatic rings. The van der Waals surface area contributed by atoms with E-state index in [0.717, 1.165) is 18.7 Å². The normalized spacial score (nSPS) is 24.1. The van der Waals surface area contributed by atoms with Crippen LogP contribution in [0.5, 0.6) is 5.75 Å². The molecular formula is C17H23NO3. The number of ether oxygens (including phenoxy) is 1. The molecule has 1 saturated carbocycles. The summed E-state index contributed by atoms with van der Waals surface area (Å²) < 4.78 is 5.67. The maximum absolute atomic E-state index is 11.4. The van der Waals surface area contributed by atoms with Crippen molar-refractivity contribution in [1.82, 2.24) is 0 Å². The number of para-hydroxylation sites is 1. The molecule has 3 rings (SSSR count). The second-order valence-corrected chi connectivity index (χ2v) is 6.92. The molecule has 2 aliphatic rings. The first-order valence-electron chi connectivity index (χ1n) is 7.74. The second-order valence-electron chi connectivity index (χ2n) is 6.92. The summed E-state index contributed by atoms with van der Waals surface area (Å²) in [7, 11) is 0. The summed E-state index contributed by atoms with van der Waals surface area (Å²) in [6, 6.07) is 5.91. The van der Waals surface area contributed by atoms with Crippen LogP contribution in [0.15, 0.2) is 18.2 Å². The number of fused-ring (bicyclic) bond motifs is 1. The highest BCUT2D eigenvalue weighted by molar-refractivity contribution is 5.93. The number of nitrogens with zero attached hydrogens (tertiary/aromatic N) is 1. The van der Waals surface area contributed by atoms with E-state index in [1.54, 1.807) is 6.07 Å². The van der Waals surface area contributed by atoms with Gasteiger partial charge in [-0.05, 0) is 36.8 Å². The molecule has 114 valence electrons. The van der Waals surface area contributed by atoms with Crippen LogP contribution in [0.1, 0.15) is 49.9 Å². The smallest absolute Gasteiger partial charge is 0.339 e. The first kappa shape index (κ1) is 14.2. The third kappa shape index (κ3) is 2.71. The zero-order chi connectivity index (χ0) is 15.0. The first-order chi connectivity index (χ1) is 9.98. The fraction of sp³-hybridized carbons (Fsp3) is 0.588. The topological polar surface area (TPSA) is 49.8 Å². The monoisotopic (exact) mass is 289 g/mol. The summed E-state index contributed by atoms with van der Waals surface area (Å²) in [6.07, 6.45) is 4.85. The molecule has 0 aromatic heterocycles. The van der Waals surface area contributed by atoms with E-state index in [2.05, 4.69) is 18.7 Å². The van der Waals surface area contributed by atoms with Crippen molar-refractivity contribution in [3.8, 4) is 5.75 Å². The van der Waals surface area contributed by atoms with Gasteiger partial charge >= 0.3 is 5.97 Å². The van der Waals surface area contributed by atoms with Gasteiger partial charge in [-0.3, -0.25) is 0 Å². The van der Waals surface area contributed by atoms with Crippen molar-refractivity contribution < 1.29 is 14.6 Å². The van der Waals surface area contributed by atoms with E-state index < -0.39 is 5.97 Å². The van der Waals surface area contributed by atoms with E-state index in [1.165, 1.54) is 19.3 Å². The minimum absolute atomic E-state index is 0.271. The predicted molar refractivity (Wildman–Crippen MR) is 82.3 cm³/mol. The zero-order valence-electron chi connectivity index (χ0n) is 12.8. The average molecular weight is 289 g/mol. The van der Waals surface area contributed by atoms with Crippen LogP contribution in [0.2, 0.25) is 0 Å². The second kappa shape index (κ2) is 5.24. The van der Waals surface area contributed by atoms with Crippen molar-refractivity contribution >= 4 is 11.7 Å². The van der Waals surface area contributed by atoms with Gasteiger partial charge in [0.05, 0.1) is 12.2 Å². The molecule has 0 saturated heterocycles. The van der Waals surface area contributed by atoms with Crippen LogP contribution in [0.25, 0.3) is 0 Å². The van der Waals surface area contributed by atoms with Crippen LogP contribution >= 0.6 is 0 Å². The molecule has 1 heterocycles. The Hall–Kier alpha value is -1.71. The zero-order valence-corrected chi connectivity index (χ0v) is 12.8. The molecule has 0 amide bonds. The number of hydrogen-bond acceptors (Lipinski definition) is 3. The van der Waals surface area contributed by atoms with Gasteiger partial charge in [0.15, 0.2) is 5.75 Å². The molecule has 1 aromatic carbocycles. The van der Waals surface area contributed by atoms with Gasteiger partial charge in [-0.15, -0.1) is 0 Å². The van der Waals surface area contributed by atoms with Crippen LogP contribution in [0, 0.1) is 5.41 Å². The van der Waals surface area contributed by atoms with Gasteiger partial charge in [-0.2, -0.15) is 0 Å². The van der Waals surface area contributed by atoms with E-state index >= 15 is 0 Å². The van der Waals surface area contributed by atoms with Crippen molar-refractivity contribution in [2.24, 2.45) is 5.41 Å². The minimum atomic E-state index is -0.919. The van der Waals surface area contributed by atoms with Gasteiger partial charge in [0, 0.05) is 6.04 Å². The SMILES string of the molecule is CC1(C)CCCC(N2CCOc3c(C(=O)O)cccc32)C1. The third-order valence-corrected chi connectivity index (χ3v) is 4.73. The Morgan fingerprint density at radius 1 is 1.43 bits per heavy atom. The molecule has 21 heavy (non-hydrogen) atoms. The average Bonchev–Trinajstić information content (AvgIpc) is 2.44. The van der Waals surface area contributed by atoms with Crippen molar-refractivity contribution in [2.75, 3.05) is 18.1 Å². The predicted octanol–water partition coefficient (Wildman–Crippen LogP) is 3.55. The Bertz CT molecular complexity index is 553.